The zero-order valence-electron chi connectivity index (χ0n) is 7.60. The predicted octanol–water partition coefficient (Wildman–Crippen LogP) is 0.664. The Morgan fingerprint density at radius 2 is 2.36 bits per heavy atom. The summed E-state index contributed by atoms with van der Waals surface area (Å²) in [5.41, 5.74) is 8.84. The smallest absolute Gasteiger partial charge is 0.267 e. The molecule has 1 aromatic rings. The number of nitrogens with two attached hydrogens (primary N) is 1. The van der Waals surface area contributed by atoms with Gasteiger partial charge in [-0.2, -0.15) is 0 Å². The molecule has 4 nitrogen and oxygen atoms in total. The fourth-order valence-corrected chi connectivity index (χ4v) is 1.03. The van der Waals surface area contributed by atoms with Crippen LogP contribution in [0.1, 0.15) is 11.1 Å². The van der Waals surface area contributed by atoms with Gasteiger partial charge in [0.15, 0.2) is 0 Å². The quantitative estimate of drug-likeness (QED) is 0.374. The van der Waals surface area contributed by atoms with Crippen molar-refractivity contribution in [2.24, 2.45) is 5.73 Å². The van der Waals surface area contributed by atoms with E-state index in [-0.39, 0.29) is 0 Å². The third-order valence-corrected chi connectivity index (χ3v) is 1.72. The van der Waals surface area contributed by atoms with Crippen molar-refractivity contribution in [3.63, 3.8) is 0 Å². The third-order valence-electron chi connectivity index (χ3n) is 1.72. The van der Waals surface area contributed by atoms with Crippen LogP contribution in [0.15, 0.2) is 30.3 Å². The maximum absolute atomic E-state index is 10.7. The molecule has 1 rings (SSSR count). The topological polar surface area (TPSA) is 75.4 Å². The summed E-state index contributed by atoms with van der Waals surface area (Å²) in [7, 11) is 0. The highest BCUT2D eigenvalue weighted by atomic mass is 16.5. The van der Waals surface area contributed by atoms with Crippen molar-refractivity contribution in [2.45, 2.75) is 6.54 Å². The first-order chi connectivity index (χ1) is 6.76. The summed E-state index contributed by atoms with van der Waals surface area (Å²) in [5, 5.41) is 8.24. The lowest BCUT2D eigenvalue weighted by Gasteiger charge is -1.97. The van der Waals surface area contributed by atoms with Gasteiger partial charge < -0.3 is 5.73 Å². The van der Waals surface area contributed by atoms with Crippen molar-refractivity contribution in [3.05, 3.63) is 41.5 Å². The number of hydrogen-bond acceptors (Lipinski definition) is 3. The molecule has 1 aromatic carbocycles. The Bertz CT molecular complexity index is 348. The number of rotatable bonds is 3. The summed E-state index contributed by atoms with van der Waals surface area (Å²) < 4.78 is 0. The zero-order chi connectivity index (χ0) is 10.4. The molecular weight excluding hydrogens is 180 g/mol. The van der Waals surface area contributed by atoms with Crippen LogP contribution in [0.2, 0.25) is 0 Å². The van der Waals surface area contributed by atoms with Gasteiger partial charge in [0.25, 0.3) is 5.91 Å². The predicted molar refractivity (Wildman–Crippen MR) is 53.3 cm³/mol. The fraction of sp³-hybridized carbons (Fsp3) is 0.100. The molecule has 14 heavy (non-hydrogen) atoms. The molecule has 0 bridgehead atoms. The van der Waals surface area contributed by atoms with Crippen LogP contribution >= 0.6 is 0 Å². The molecule has 0 fully saturated rings. The van der Waals surface area contributed by atoms with E-state index in [1.54, 1.807) is 6.08 Å². The van der Waals surface area contributed by atoms with E-state index in [1.165, 1.54) is 11.6 Å². The Hall–Kier alpha value is -1.65. The minimum atomic E-state index is -0.553. The minimum Gasteiger partial charge on any atom is -0.326 e. The van der Waals surface area contributed by atoms with Crippen molar-refractivity contribution >= 4 is 12.0 Å². The molecule has 4 N–H and O–H groups in total. The van der Waals surface area contributed by atoms with Crippen LogP contribution in [0.5, 0.6) is 0 Å². The summed E-state index contributed by atoms with van der Waals surface area (Å²) >= 11 is 0. The second kappa shape index (κ2) is 5.16. The van der Waals surface area contributed by atoms with E-state index in [9.17, 15) is 4.79 Å². The second-order valence-electron chi connectivity index (χ2n) is 2.76. The Kier molecular flexibility index (Phi) is 3.84. The molecule has 1 amide bonds. The molecule has 0 aliphatic rings. The Labute approximate surface area is 82.0 Å². The van der Waals surface area contributed by atoms with Crippen LogP contribution in [0.3, 0.4) is 0 Å². The van der Waals surface area contributed by atoms with E-state index >= 15 is 0 Å². The largest absolute Gasteiger partial charge is 0.326 e. The Balaban J connectivity index is 2.76. The summed E-state index contributed by atoms with van der Waals surface area (Å²) in [4.78, 5) is 10.7. The highest BCUT2D eigenvalue weighted by molar-refractivity contribution is 5.90. The maximum Gasteiger partial charge on any atom is 0.267 e. The number of carbonyl (C=O) groups excluding carboxylic acids is 1. The van der Waals surface area contributed by atoms with Crippen molar-refractivity contribution in [1.29, 1.82) is 0 Å². The van der Waals surface area contributed by atoms with Crippen LogP contribution in [-0.4, -0.2) is 11.1 Å². The molecule has 0 spiro atoms. The van der Waals surface area contributed by atoms with Gasteiger partial charge >= 0.3 is 0 Å². The molecule has 0 heterocycles. The first-order valence-electron chi connectivity index (χ1n) is 4.17. The van der Waals surface area contributed by atoms with Gasteiger partial charge in [0.05, 0.1) is 0 Å². The van der Waals surface area contributed by atoms with E-state index in [0.29, 0.717) is 6.54 Å². The van der Waals surface area contributed by atoms with Gasteiger partial charge in [0, 0.05) is 12.6 Å². The van der Waals surface area contributed by atoms with Crippen molar-refractivity contribution in [3.8, 4) is 0 Å². The van der Waals surface area contributed by atoms with Crippen LogP contribution in [-0.2, 0) is 11.3 Å². The van der Waals surface area contributed by atoms with Crippen LogP contribution in [0.25, 0.3) is 6.08 Å². The molecule has 0 aliphatic heterocycles. The van der Waals surface area contributed by atoms with E-state index in [0.717, 1.165) is 11.1 Å². The van der Waals surface area contributed by atoms with Crippen LogP contribution in [0, 0.1) is 0 Å². The molecule has 0 unspecified atom stereocenters. The number of nitrogens with one attached hydrogen (secondary N) is 1. The molecule has 0 atom stereocenters. The highest BCUT2D eigenvalue weighted by Gasteiger charge is 1.92. The first kappa shape index (κ1) is 10.4. The lowest BCUT2D eigenvalue weighted by atomic mass is 10.1. The monoisotopic (exact) mass is 192 g/mol. The molecule has 0 aliphatic carbocycles. The minimum absolute atomic E-state index is 0.466. The maximum atomic E-state index is 10.7. The fourth-order valence-electron chi connectivity index (χ4n) is 1.03. The summed E-state index contributed by atoms with van der Waals surface area (Å²) in [6, 6.07) is 7.49. The van der Waals surface area contributed by atoms with Crippen molar-refractivity contribution in [2.75, 3.05) is 0 Å². The first-order valence-corrected chi connectivity index (χ1v) is 4.17. The molecule has 4 heteroatoms. The van der Waals surface area contributed by atoms with Gasteiger partial charge in [-0.15, -0.1) is 0 Å². The van der Waals surface area contributed by atoms with E-state index in [2.05, 4.69) is 0 Å². The average molecular weight is 192 g/mol. The highest BCUT2D eigenvalue weighted by Crippen LogP contribution is 2.06. The number of carbonyl (C=O) groups is 1. The Morgan fingerprint density at radius 1 is 1.57 bits per heavy atom. The van der Waals surface area contributed by atoms with E-state index in [4.69, 9.17) is 10.9 Å². The van der Waals surface area contributed by atoms with Crippen molar-refractivity contribution < 1.29 is 10.0 Å². The summed E-state index contributed by atoms with van der Waals surface area (Å²) in [6.07, 6.45) is 2.85. The van der Waals surface area contributed by atoms with Gasteiger partial charge in [0.1, 0.15) is 0 Å². The number of benzene rings is 1. The third kappa shape index (κ3) is 3.01. The average Bonchev–Trinajstić information content (AvgIpc) is 2.26. The lowest BCUT2D eigenvalue weighted by molar-refractivity contribution is -0.124. The van der Waals surface area contributed by atoms with E-state index < -0.39 is 5.91 Å². The van der Waals surface area contributed by atoms with Crippen LogP contribution < -0.4 is 11.2 Å². The van der Waals surface area contributed by atoms with Gasteiger partial charge in [-0.3, -0.25) is 10.0 Å². The zero-order valence-corrected chi connectivity index (χ0v) is 7.60. The molecule has 0 radical (unpaired) electrons. The molecular formula is C10H12N2O2. The summed E-state index contributed by atoms with van der Waals surface area (Å²) in [5.74, 6) is -0.553. The molecule has 0 aromatic heterocycles. The standard InChI is InChI=1S/C10H12N2O2/c11-7-9-3-1-2-8(6-9)4-5-10(13)12-14/h1-6,14H,7,11H2,(H,12,13)/b5-4+. The number of hydrogen-bond donors (Lipinski definition) is 3. The SMILES string of the molecule is NCc1cccc(/C=C/C(=O)NO)c1. The lowest BCUT2D eigenvalue weighted by Crippen LogP contribution is -2.14. The molecule has 74 valence electrons. The van der Waals surface area contributed by atoms with Gasteiger partial charge in [0.2, 0.25) is 0 Å². The van der Waals surface area contributed by atoms with E-state index in [1.807, 2.05) is 24.3 Å². The summed E-state index contributed by atoms with van der Waals surface area (Å²) in [6.45, 7) is 0.466. The second-order valence-corrected chi connectivity index (χ2v) is 2.76. The van der Waals surface area contributed by atoms with Crippen LogP contribution in [0.4, 0.5) is 0 Å². The van der Waals surface area contributed by atoms with Gasteiger partial charge in [-0.05, 0) is 17.2 Å². The Morgan fingerprint density at radius 3 is 3.00 bits per heavy atom. The van der Waals surface area contributed by atoms with Gasteiger partial charge in [-0.1, -0.05) is 24.3 Å². The number of hydroxylamine groups is 1. The van der Waals surface area contributed by atoms with Gasteiger partial charge in [-0.25, -0.2) is 5.48 Å². The molecule has 0 saturated heterocycles. The number of amides is 1. The molecule has 0 saturated carbocycles. The van der Waals surface area contributed by atoms with Crippen molar-refractivity contribution in [1.82, 2.24) is 5.48 Å². The normalized spacial score (nSPS) is 10.4.